The number of fused-ring (bicyclic) bond motifs is 1. The molecule has 21 heavy (non-hydrogen) atoms. The smallest absolute Gasteiger partial charge is 0.243 e. The van der Waals surface area contributed by atoms with E-state index < -0.39 is 10.0 Å². The van der Waals surface area contributed by atoms with Crippen molar-refractivity contribution in [2.45, 2.75) is 17.0 Å². The number of nitrogens with zero attached hydrogens (tertiary/aromatic N) is 2. The highest BCUT2D eigenvalue weighted by Gasteiger charge is 2.32. The van der Waals surface area contributed by atoms with Crippen LogP contribution < -0.4 is 10.0 Å². The van der Waals surface area contributed by atoms with Gasteiger partial charge in [-0.05, 0) is 12.1 Å². The third-order valence-corrected chi connectivity index (χ3v) is 5.37. The minimum absolute atomic E-state index is 0. The summed E-state index contributed by atoms with van der Waals surface area (Å²) in [5.74, 6) is 0. The van der Waals surface area contributed by atoms with Gasteiger partial charge in [0.25, 0.3) is 0 Å². The van der Waals surface area contributed by atoms with E-state index in [2.05, 4.69) is 18.8 Å². The van der Waals surface area contributed by atoms with Crippen LogP contribution in [0.3, 0.4) is 0 Å². The standard InChI is InChI=1S/C11H14N4O3S2.ClH/c1-18-9-6-12-5-8(9)15-20(16,17)10-4-2-3-7-11(10)14-19-13-7;/h2-4,8-9,12,15H,5-6H2,1H3;1H/t8-,9-;/m0./s1. The van der Waals surface area contributed by atoms with E-state index in [0.29, 0.717) is 24.1 Å². The van der Waals surface area contributed by atoms with Crippen LogP contribution in [0.15, 0.2) is 23.1 Å². The normalized spacial score (nSPS) is 22.3. The number of rotatable bonds is 4. The van der Waals surface area contributed by atoms with E-state index in [4.69, 9.17) is 4.74 Å². The molecule has 0 amide bonds. The maximum atomic E-state index is 12.5. The number of sulfonamides is 1. The molecule has 0 aliphatic carbocycles. The molecule has 116 valence electrons. The van der Waals surface area contributed by atoms with Gasteiger partial charge in [0.05, 0.1) is 23.9 Å². The Bertz CT molecular complexity index is 721. The van der Waals surface area contributed by atoms with E-state index in [1.54, 1.807) is 19.2 Å². The molecule has 0 saturated carbocycles. The van der Waals surface area contributed by atoms with Crippen LogP contribution in [0.4, 0.5) is 0 Å². The van der Waals surface area contributed by atoms with E-state index in [9.17, 15) is 8.42 Å². The van der Waals surface area contributed by atoms with Gasteiger partial charge in [0.15, 0.2) is 0 Å². The Balaban J connectivity index is 0.00000161. The summed E-state index contributed by atoms with van der Waals surface area (Å²) < 4.78 is 41.1. The van der Waals surface area contributed by atoms with Crippen molar-refractivity contribution < 1.29 is 13.2 Å². The van der Waals surface area contributed by atoms with Gasteiger partial charge in [0, 0.05) is 20.2 Å². The second kappa shape index (κ2) is 6.51. The molecule has 2 aromatic rings. The van der Waals surface area contributed by atoms with Gasteiger partial charge in [-0.1, -0.05) is 6.07 Å². The van der Waals surface area contributed by atoms with Crippen molar-refractivity contribution in [3.05, 3.63) is 18.2 Å². The fourth-order valence-corrected chi connectivity index (χ4v) is 4.31. The Morgan fingerprint density at radius 1 is 1.38 bits per heavy atom. The van der Waals surface area contributed by atoms with Crippen LogP contribution in [0.1, 0.15) is 0 Å². The van der Waals surface area contributed by atoms with Crippen LogP contribution in [0.25, 0.3) is 11.0 Å². The SMILES string of the molecule is CO[C@H]1CNC[C@@H]1NS(=O)(=O)c1cccc2nsnc12.Cl. The molecule has 0 bridgehead atoms. The van der Waals surface area contributed by atoms with Gasteiger partial charge in [0.2, 0.25) is 10.0 Å². The van der Waals surface area contributed by atoms with Crippen molar-refractivity contribution in [3.63, 3.8) is 0 Å². The molecule has 10 heteroatoms. The van der Waals surface area contributed by atoms with Gasteiger partial charge >= 0.3 is 0 Å². The molecule has 0 unspecified atom stereocenters. The first-order chi connectivity index (χ1) is 9.62. The summed E-state index contributed by atoms with van der Waals surface area (Å²) >= 11 is 1.00. The van der Waals surface area contributed by atoms with Crippen molar-refractivity contribution in [1.29, 1.82) is 0 Å². The number of nitrogens with one attached hydrogen (secondary N) is 2. The summed E-state index contributed by atoms with van der Waals surface area (Å²) in [6.45, 7) is 1.18. The summed E-state index contributed by atoms with van der Waals surface area (Å²) in [6, 6.07) is 4.66. The van der Waals surface area contributed by atoms with Crippen molar-refractivity contribution in [1.82, 2.24) is 18.8 Å². The van der Waals surface area contributed by atoms with Crippen molar-refractivity contribution in [2.75, 3.05) is 20.2 Å². The number of halogens is 1. The lowest BCUT2D eigenvalue weighted by atomic mass is 10.2. The average molecular weight is 351 g/mol. The van der Waals surface area contributed by atoms with Gasteiger partial charge in [-0.25, -0.2) is 13.1 Å². The molecule has 2 atom stereocenters. The maximum absolute atomic E-state index is 12.5. The maximum Gasteiger partial charge on any atom is 0.243 e. The summed E-state index contributed by atoms with van der Waals surface area (Å²) in [4.78, 5) is 0.158. The molecule has 1 aliphatic heterocycles. The molecule has 1 aliphatic rings. The highest BCUT2D eigenvalue weighted by molar-refractivity contribution is 7.89. The van der Waals surface area contributed by atoms with E-state index in [-0.39, 0.29) is 29.4 Å². The van der Waals surface area contributed by atoms with Crippen LogP contribution in [0, 0.1) is 0 Å². The average Bonchev–Trinajstić information content (AvgIpc) is 3.05. The number of methoxy groups -OCH3 is 1. The Hall–Kier alpha value is -0.840. The molecule has 2 heterocycles. The first-order valence-electron chi connectivity index (χ1n) is 6.09. The summed E-state index contributed by atoms with van der Waals surface area (Å²) in [7, 11) is -2.08. The molecule has 1 aromatic heterocycles. The molecule has 7 nitrogen and oxygen atoms in total. The second-order valence-corrected chi connectivity index (χ2v) is 6.76. The molecule has 3 rings (SSSR count). The monoisotopic (exact) mass is 350 g/mol. The molecule has 2 N–H and O–H groups in total. The fraction of sp³-hybridized carbons (Fsp3) is 0.455. The van der Waals surface area contributed by atoms with Crippen LogP contribution in [0.5, 0.6) is 0 Å². The highest BCUT2D eigenvalue weighted by atomic mass is 35.5. The van der Waals surface area contributed by atoms with E-state index >= 15 is 0 Å². The minimum atomic E-state index is -3.65. The van der Waals surface area contributed by atoms with Crippen molar-refractivity contribution in [2.24, 2.45) is 0 Å². The first-order valence-corrected chi connectivity index (χ1v) is 8.30. The predicted molar refractivity (Wildman–Crippen MR) is 82.4 cm³/mol. The van der Waals surface area contributed by atoms with Gasteiger partial charge in [0.1, 0.15) is 15.9 Å². The highest BCUT2D eigenvalue weighted by Crippen LogP contribution is 2.21. The quantitative estimate of drug-likeness (QED) is 0.828. The third-order valence-electron chi connectivity index (χ3n) is 3.31. The molecule has 1 saturated heterocycles. The van der Waals surface area contributed by atoms with Crippen molar-refractivity contribution >= 4 is 45.2 Å². The van der Waals surface area contributed by atoms with Gasteiger partial charge in [-0.2, -0.15) is 8.75 Å². The van der Waals surface area contributed by atoms with Gasteiger partial charge in [-0.3, -0.25) is 0 Å². The zero-order valence-electron chi connectivity index (χ0n) is 11.1. The zero-order valence-corrected chi connectivity index (χ0v) is 13.6. The molecule has 1 fully saturated rings. The van der Waals surface area contributed by atoms with Gasteiger partial charge in [-0.15, -0.1) is 12.4 Å². The zero-order chi connectivity index (χ0) is 14.2. The molecular formula is C11H15ClN4O3S2. The summed E-state index contributed by atoms with van der Waals surface area (Å²) in [6.07, 6.45) is -0.169. The van der Waals surface area contributed by atoms with Crippen molar-refractivity contribution in [3.8, 4) is 0 Å². The van der Waals surface area contributed by atoms with Gasteiger partial charge < -0.3 is 10.1 Å². The molecule has 1 aromatic carbocycles. The Labute approximate surface area is 132 Å². The Morgan fingerprint density at radius 2 is 2.19 bits per heavy atom. The number of benzene rings is 1. The molecular weight excluding hydrogens is 336 g/mol. The number of hydrogen-bond acceptors (Lipinski definition) is 7. The predicted octanol–water partition coefficient (Wildman–Crippen LogP) is 0.378. The lowest BCUT2D eigenvalue weighted by molar-refractivity contribution is 0.103. The van der Waals surface area contributed by atoms with Crippen LogP contribution >= 0.6 is 24.1 Å². The number of ether oxygens (including phenoxy) is 1. The largest absolute Gasteiger partial charge is 0.378 e. The first kappa shape index (κ1) is 16.5. The summed E-state index contributed by atoms with van der Waals surface area (Å²) in [5.41, 5.74) is 0.996. The fourth-order valence-electron chi connectivity index (χ4n) is 2.28. The third kappa shape index (κ3) is 3.17. The molecule has 0 spiro atoms. The lowest BCUT2D eigenvalue weighted by Crippen LogP contribution is -2.43. The van der Waals surface area contributed by atoms with Crippen LogP contribution in [-0.4, -0.2) is 49.5 Å². The summed E-state index contributed by atoms with van der Waals surface area (Å²) in [5, 5.41) is 3.10. The Kier molecular flexibility index (Phi) is 5.12. The number of hydrogen-bond donors (Lipinski definition) is 2. The lowest BCUT2D eigenvalue weighted by Gasteiger charge is -2.18. The molecule has 0 radical (unpaired) electrons. The Morgan fingerprint density at radius 3 is 2.95 bits per heavy atom. The van der Waals surface area contributed by atoms with Crippen LogP contribution in [0.2, 0.25) is 0 Å². The second-order valence-electron chi connectivity index (χ2n) is 4.55. The van der Waals surface area contributed by atoms with E-state index in [1.807, 2.05) is 0 Å². The van der Waals surface area contributed by atoms with Crippen LogP contribution in [-0.2, 0) is 14.8 Å². The number of aromatic nitrogens is 2. The topological polar surface area (TPSA) is 93.2 Å². The minimum Gasteiger partial charge on any atom is -0.378 e. The van der Waals surface area contributed by atoms with E-state index in [1.165, 1.54) is 6.07 Å². The van der Waals surface area contributed by atoms with E-state index in [0.717, 1.165) is 11.7 Å².